The van der Waals surface area contributed by atoms with Crippen molar-refractivity contribution < 1.29 is 13.2 Å². The van der Waals surface area contributed by atoms with Crippen LogP contribution in [-0.2, 0) is 10.0 Å². The topological polar surface area (TPSA) is 78.5 Å². The fourth-order valence-corrected chi connectivity index (χ4v) is 2.87. The van der Waals surface area contributed by atoms with Gasteiger partial charge in [0.05, 0.1) is 6.26 Å². The number of rotatable bonds is 10. The molecule has 0 aliphatic rings. The molecule has 138 valence electrons. The molecule has 0 spiro atoms. The van der Waals surface area contributed by atoms with Gasteiger partial charge in [0, 0.05) is 24.3 Å². The van der Waals surface area contributed by atoms with Gasteiger partial charge in [0.15, 0.2) is 0 Å². The average molecular weight is 422 g/mol. The van der Waals surface area contributed by atoms with Gasteiger partial charge >= 0.3 is 0 Å². The molecule has 0 saturated carbocycles. The molecule has 0 bridgehead atoms. The lowest BCUT2D eigenvalue weighted by Crippen LogP contribution is -2.35. The van der Waals surface area contributed by atoms with E-state index in [1.165, 1.54) is 0 Å². The van der Waals surface area contributed by atoms with Gasteiger partial charge in [-0.2, -0.15) is 0 Å². The second-order valence-electron chi connectivity index (χ2n) is 5.55. The van der Waals surface area contributed by atoms with E-state index in [0.717, 1.165) is 38.7 Å². The van der Waals surface area contributed by atoms with E-state index in [1.807, 2.05) is 0 Å². The Morgan fingerprint density at radius 2 is 1.58 bits per heavy atom. The number of benzene rings is 1. The Balaban J connectivity index is 0.00000529. The van der Waals surface area contributed by atoms with Crippen molar-refractivity contribution in [2.75, 3.05) is 37.2 Å². The minimum atomic E-state index is -3.30. The Kier molecular flexibility index (Phi) is 10.9. The standard InChI is InChI=1S/C16H27N3O3S.BrH/c1-4-11-19(12-5-2)13-10-17-16(20)14-6-8-15(9-7-14)18-23(3,21)22;/h6-9,18H,4-5,10-13H2,1-3H3,(H,17,20);1H. The molecular weight excluding hydrogens is 394 g/mol. The molecule has 8 heteroatoms. The quantitative estimate of drug-likeness (QED) is 0.607. The van der Waals surface area contributed by atoms with E-state index >= 15 is 0 Å². The van der Waals surface area contributed by atoms with Gasteiger partial charge in [0.2, 0.25) is 10.0 Å². The molecule has 1 amide bonds. The van der Waals surface area contributed by atoms with Crippen molar-refractivity contribution in [1.82, 2.24) is 10.2 Å². The molecule has 0 aliphatic carbocycles. The van der Waals surface area contributed by atoms with Crippen LogP contribution in [0.5, 0.6) is 0 Å². The zero-order valence-corrected chi connectivity index (χ0v) is 17.1. The SMILES string of the molecule is Br.CCCN(CCC)CCNC(=O)c1ccc(NS(C)(=O)=O)cc1. The summed E-state index contributed by atoms with van der Waals surface area (Å²) in [5.74, 6) is -0.149. The maximum atomic E-state index is 12.1. The van der Waals surface area contributed by atoms with Gasteiger partial charge in [-0.05, 0) is 50.2 Å². The van der Waals surface area contributed by atoms with E-state index in [0.29, 0.717) is 17.8 Å². The summed E-state index contributed by atoms with van der Waals surface area (Å²) >= 11 is 0. The number of amides is 1. The molecule has 0 radical (unpaired) electrons. The van der Waals surface area contributed by atoms with Crippen molar-refractivity contribution >= 4 is 38.6 Å². The number of halogens is 1. The number of carbonyl (C=O) groups is 1. The van der Waals surface area contributed by atoms with Crippen LogP contribution in [0.3, 0.4) is 0 Å². The summed E-state index contributed by atoms with van der Waals surface area (Å²) < 4.78 is 24.6. The fraction of sp³-hybridized carbons (Fsp3) is 0.562. The first-order valence-electron chi connectivity index (χ1n) is 7.94. The van der Waals surface area contributed by atoms with Crippen molar-refractivity contribution in [3.8, 4) is 0 Å². The normalized spacial score (nSPS) is 11.0. The number of hydrogen-bond acceptors (Lipinski definition) is 4. The molecule has 0 unspecified atom stereocenters. The Morgan fingerprint density at radius 3 is 2.04 bits per heavy atom. The molecule has 2 N–H and O–H groups in total. The van der Waals surface area contributed by atoms with Gasteiger partial charge in [-0.3, -0.25) is 9.52 Å². The highest BCUT2D eigenvalue weighted by Crippen LogP contribution is 2.10. The highest BCUT2D eigenvalue weighted by Gasteiger charge is 2.08. The Labute approximate surface area is 155 Å². The van der Waals surface area contributed by atoms with Gasteiger partial charge in [0.25, 0.3) is 5.91 Å². The van der Waals surface area contributed by atoms with E-state index < -0.39 is 10.0 Å². The second-order valence-corrected chi connectivity index (χ2v) is 7.30. The Morgan fingerprint density at radius 1 is 1.04 bits per heavy atom. The van der Waals surface area contributed by atoms with Gasteiger partial charge in [-0.25, -0.2) is 8.42 Å². The van der Waals surface area contributed by atoms with Crippen molar-refractivity contribution in [1.29, 1.82) is 0 Å². The van der Waals surface area contributed by atoms with Crippen LogP contribution in [0.1, 0.15) is 37.0 Å². The highest BCUT2D eigenvalue weighted by molar-refractivity contribution is 8.93. The summed E-state index contributed by atoms with van der Waals surface area (Å²) in [6.45, 7) is 7.80. The Bertz CT molecular complexity index is 585. The van der Waals surface area contributed by atoms with Crippen molar-refractivity contribution in [3.05, 3.63) is 29.8 Å². The van der Waals surface area contributed by atoms with Crippen LogP contribution in [0.15, 0.2) is 24.3 Å². The molecule has 0 heterocycles. The smallest absolute Gasteiger partial charge is 0.251 e. The molecule has 0 fully saturated rings. The first kappa shape index (κ1) is 22.9. The molecule has 1 aromatic carbocycles. The van der Waals surface area contributed by atoms with Crippen LogP contribution in [-0.4, -0.2) is 51.7 Å². The van der Waals surface area contributed by atoms with Gasteiger partial charge in [-0.15, -0.1) is 17.0 Å². The monoisotopic (exact) mass is 421 g/mol. The minimum Gasteiger partial charge on any atom is -0.351 e. The van der Waals surface area contributed by atoms with E-state index in [-0.39, 0.29) is 22.9 Å². The summed E-state index contributed by atoms with van der Waals surface area (Å²) in [7, 11) is -3.30. The summed E-state index contributed by atoms with van der Waals surface area (Å²) in [5.41, 5.74) is 0.961. The lowest BCUT2D eigenvalue weighted by Gasteiger charge is -2.20. The molecule has 24 heavy (non-hydrogen) atoms. The first-order chi connectivity index (χ1) is 10.9. The molecule has 0 aliphatic heterocycles. The Hall–Kier alpha value is -1.12. The van der Waals surface area contributed by atoms with Crippen LogP contribution in [0.25, 0.3) is 0 Å². The second kappa shape index (κ2) is 11.4. The fourth-order valence-electron chi connectivity index (χ4n) is 2.30. The van der Waals surface area contributed by atoms with E-state index in [1.54, 1.807) is 24.3 Å². The molecule has 0 aromatic heterocycles. The van der Waals surface area contributed by atoms with E-state index in [2.05, 4.69) is 28.8 Å². The van der Waals surface area contributed by atoms with Gasteiger partial charge < -0.3 is 10.2 Å². The number of carbonyl (C=O) groups excluding carboxylic acids is 1. The van der Waals surface area contributed by atoms with Crippen LogP contribution in [0.4, 0.5) is 5.69 Å². The number of nitrogens with zero attached hydrogens (tertiary/aromatic N) is 1. The number of sulfonamides is 1. The van der Waals surface area contributed by atoms with Crippen molar-refractivity contribution in [2.45, 2.75) is 26.7 Å². The third kappa shape index (κ3) is 9.24. The molecule has 1 aromatic rings. The maximum Gasteiger partial charge on any atom is 0.251 e. The zero-order chi connectivity index (χ0) is 17.3. The number of hydrogen-bond donors (Lipinski definition) is 2. The van der Waals surface area contributed by atoms with E-state index in [4.69, 9.17) is 0 Å². The maximum absolute atomic E-state index is 12.1. The predicted octanol–water partition coefficient (Wildman–Crippen LogP) is 2.49. The third-order valence-electron chi connectivity index (χ3n) is 3.24. The molecule has 0 saturated heterocycles. The van der Waals surface area contributed by atoms with Gasteiger partial charge in [0.1, 0.15) is 0 Å². The lowest BCUT2D eigenvalue weighted by molar-refractivity contribution is 0.0948. The third-order valence-corrected chi connectivity index (χ3v) is 3.85. The lowest BCUT2D eigenvalue weighted by atomic mass is 10.2. The zero-order valence-electron chi connectivity index (χ0n) is 14.5. The van der Waals surface area contributed by atoms with Gasteiger partial charge in [-0.1, -0.05) is 13.8 Å². The van der Waals surface area contributed by atoms with Crippen LogP contribution < -0.4 is 10.0 Å². The van der Waals surface area contributed by atoms with Crippen LogP contribution in [0, 0.1) is 0 Å². The highest BCUT2D eigenvalue weighted by atomic mass is 79.9. The summed E-state index contributed by atoms with van der Waals surface area (Å²) in [6.07, 6.45) is 3.29. The van der Waals surface area contributed by atoms with E-state index in [9.17, 15) is 13.2 Å². The molecule has 0 atom stereocenters. The predicted molar refractivity (Wildman–Crippen MR) is 105 cm³/mol. The number of anilines is 1. The largest absolute Gasteiger partial charge is 0.351 e. The minimum absolute atomic E-state index is 0. The van der Waals surface area contributed by atoms with Crippen molar-refractivity contribution in [2.24, 2.45) is 0 Å². The number of nitrogens with one attached hydrogen (secondary N) is 2. The summed E-state index contributed by atoms with van der Waals surface area (Å²) in [6, 6.07) is 6.38. The average Bonchev–Trinajstić information content (AvgIpc) is 2.46. The molecular formula is C16H28BrN3O3S. The first-order valence-corrected chi connectivity index (χ1v) is 9.83. The molecule has 6 nitrogen and oxygen atoms in total. The van der Waals surface area contributed by atoms with Crippen LogP contribution >= 0.6 is 17.0 Å². The molecule has 1 rings (SSSR count). The van der Waals surface area contributed by atoms with Crippen LogP contribution in [0.2, 0.25) is 0 Å². The van der Waals surface area contributed by atoms with Crippen molar-refractivity contribution in [3.63, 3.8) is 0 Å². The summed E-state index contributed by atoms with van der Waals surface area (Å²) in [5, 5.41) is 2.89. The summed E-state index contributed by atoms with van der Waals surface area (Å²) in [4.78, 5) is 14.4.